The molecule has 0 unspecified atom stereocenters. The molecule has 1 aliphatic rings. The summed E-state index contributed by atoms with van der Waals surface area (Å²) in [6.45, 7) is 2.65. The van der Waals surface area contributed by atoms with Crippen molar-refractivity contribution >= 4 is 11.8 Å². The number of carbonyl (C=O) groups excluding carboxylic acids is 2. The summed E-state index contributed by atoms with van der Waals surface area (Å²) in [6.07, 6.45) is 3.44. The first-order chi connectivity index (χ1) is 15.0. The van der Waals surface area contributed by atoms with Gasteiger partial charge in [0.2, 0.25) is 11.7 Å². The monoisotopic (exact) mass is 427 g/mol. The van der Waals surface area contributed by atoms with E-state index in [4.69, 9.17) is 14.2 Å². The molecule has 2 heterocycles. The van der Waals surface area contributed by atoms with E-state index in [2.05, 4.69) is 10.3 Å². The lowest BCUT2D eigenvalue weighted by Gasteiger charge is -2.37. The second-order valence-corrected chi connectivity index (χ2v) is 7.50. The van der Waals surface area contributed by atoms with Crippen LogP contribution in [0, 0.1) is 5.92 Å². The smallest absolute Gasteiger partial charge is 0.254 e. The lowest BCUT2D eigenvalue weighted by molar-refractivity contribution is -0.120. The Morgan fingerprint density at radius 1 is 1.13 bits per heavy atom. The molecule has 2 atom stereocenters. The van der Waals surface area contributed by atoms with Crippen LogP contribution >= 0.6 is 0 Å². The van der Waals surface area contributed by atoms with Crippen LogP contribution in [0.3, 0.4) is 0 Å². The van der Waals surface area contributed by atoms with Crippen molar-refractivity contribution in [1.29, 1.82) is 0 Å². The number of methoxy groups -OCH3 is 3. The van der Waals surface area contributed by atoms with E-state index in [0.717, 1.165) is 18.5 Å². The second-order valence-electron chi connectivity index (χ2n) is 7.50. The first-order valence-electron chi connectivity index (χ1n) is 10.3. The molecule has 8 nitrogen and oxygen atoms in total. The summed E-state index contributed by atoms with van der Waals surface area (Å²) < 4.78 is 16.1. The Morgan fingerprint density at radius 2 is 1.84 bits per heavy atom. The van der Waals surface area contributed by atoms with E-state index in [1.807, 2.05) is 23.1 Å². The minimum atomic E-state index is -0.255. The molecule has 0 radical (unpaired) electrons. The van der Waals surface area contributed by atoms with Crippen LogP contribution in [0.2, 0.25) is 0 Å². The Morgan fingerprint density at radius 3 is 2.39 bits per heavy atom. The molecule has 2 aromatic rings. The number of aromatic nitrogens is 1. The van der Waals surface area contributed by atoms with E-state index in [9.17, 15) is 9.59 Å². The molecule has 1 saturated heterocycles. The lowest BCUT2D eigenvalue weighted by Crippen LogP contribution is -2.45. The van der Waals surface area contributed by atoms with Gasteiger partial charge in [-0.25, -0.2) is 0 Å². The van der Waals surface area contributed by atoms with Gasteiger partial charge in [0, 0.05) is 37.7 Å². The molecule has 1 fully saturated rings. The highest BCUT2D eigenvalue weighted by Crippen LogP contribution is 2.39. The van der Waals surface area contributed by atoms with Crippen LogP contribution in [-0.2, 0) is 4.79 Å². The van der Waals surface area contributed by atoms with Crippen molar-refractivity contribution in [3.63, 3.8) is 0 Å². The lowest BCUT2D eigenvalue weighted by atomic mass is 9.88. The fourth-order valence-electron chi connectivity index (χ4n) is 4.07. The summed E-state index contributed by atoms with van der Waals surface area (Å²) >= 11 is 0. The van der Waals surface area contributed by atoms with Crippen molar-refractivity contribution in [1.82, 2.24) is 15.2 Å². The molecule has 0 saturated carbocycles. The van der Waals surface area contributed by atoms with E-state index < -0.39 is 0 Å². The first kappa shape index (κ1) is 22.4. The van der Waals surface area contributed by atoms with Crippen molar-refractivity contribution in [2.75, 3.05) is 34.4 Å². The molecule has 31 heavy (non-hydrogen) atoms. The maximum Gasteiger partial charge on any atom is 0.254 e. The molecule has 1 N–H and O–H groups in total. The summed E-state index contributed by atoms with van der Waals surface area (Å²) in [7, 11) is 4.57. The Balaban J connectivity index is 1.85. The molecule has 0 bridgehead atoms. The first-order valence-corrected chi connectivity index (χ1v) is 10.3. The minimum Gasteiger partial charge on any atom is -0.493 e. The summed E-state index contributed by atoms with van der Waals surface area (Å²) in [5, 5.41) is 3.02. The van der Waals surface area contributed by atoms with Crippen molar-refractivity contribution in [3.8, 4) is 17.2 Å². The van der Waals surface area contributed by atoms with E-state index in [1.165, 1.54) is 28.3 Å². The number of nitrogens with zero attached hydrogens (tertiary/aromatic N) is 2. The van der Waals surface area contributed by atoms with Gasteiger partial charge in [-0.3, -0.25) is 14.6 Å². The molecule has 1 aromatic heterocycles. The Labute approximate surface area is 182 Å². The second kappa shape index (κ2) is 10.1. The van der Waals surface area contributed by atoms with Gasteiger partial charge in [0.1, 0.15) is 0 Å². The van der Waals surface area contributed by atoms with Crippen LogP contribution < -0.4 is 19.5 Å². The maximum absolute atomic E-state index is 13.3. The third kappa shape index (κ3) is 5.07. The van der Waals surface area contributed by atoms with Crippen molar-refractivity contribution in [3.05, 3.63) is 47.8 Å². The molecular weight excluding hydrogens is 398 g/mol. The number of pyridine rings is 1. The summed E-state index contributed by atoms with van der Waals surface area (Å²) in [4.78, 5) is 31.4. The number of piperidine rings is 1. The van der Waals surface area contributed by atoms with Gasteiger partial charge < -0.3 is 24.4 Å². The van der Waals surface area contributed by atoms with Gasteiger partial charge in [-0.2, -0.15) is 0 Å². The van der Waals surface area contributed by atoms with Crippen molar-refractivity contribution in [2.24, 2.45) is 5.92 Å². The van der Waals surface area contributed by atoms with Gasteiger partial charge in [-0.1, -0.05) is 6.07 Å². The number of ether oxygens (including phenoxy) is 3. The molecule has 8 heteroatoms. The van der Waals surface area contributed by atoms with Gasteiger partial charge in [0.05, 0.1) is 33.1 Å². The van der Waals surface area contributed by atoms with Crippen molar-refractivity contribution in [2.45, 2.75) is 25.8 Å². The molecule has 166 valence electrons. The summed E-state index contributed by atoms with van der Waals surface area (Å²) in [5.41, 5.74) is 1.26. The number of nitrogens with one attached hydrogen (secondary N) is 1. The number of rotatable bonds is 7. The number of likely N-dealkylation sites (tertiary alicyclic amines) is 1. The fraction of sp³-hybridized carbons (Fsp3) is 0.435. The number of carbonyl (C=O) groups is 2. The van der Waals surface area contributed by atoms with Gasteiger partial charge >= 0.3 is 0 Å². The Hall–Kier alpha value is -3.29. The highest BCUT2D eigenvalue weighted by molar-refractivity contribution is 5.95. The highest BCUT2D eigenvalue weighted by Gasteiger charge is 2.32. The molecule has 1 aliphatic heterocycles. The van der Waals surface area contributed by atoms with Gasteiger partial charge in [0.15, 0.2) is 11.5 Å². The minimum absolute atomic E-state index is 0.0542. The topological polar surface area (TPSA) is 90.0 Å². The Kier molecular flexibility index (Phi) is 7.33. The highest BCUT2D eigenvalue weighted by atomic mass is 16.5. The number of benzene rings is 1. The average molecular weight is 428 g/mol. The number of hydrogen-bond acceptors (Lipinski definition) is 6. The quantitative estimate of drug-likeness (QED) is 0.731. The molecule has 3 rings (SSSR count). The van der Waals surface area contributed by atoms with Crippen molar-refractivity contribution < 1.29 is 23.8 Å². The third-order valence-corrected chi connectivity index (χ3v) is 5.49. The van der Waals surface area contributed by atoms with E-state index >= 15 is 0 Å². The SMILES string of the molecule is COc1cc(C(=O)N2CCC[C@H]([C@H](NC(C)=O)c3ccccn3)C2)cc(OC)c1OC. The predicted octanol–water partition coefficient (Wildman–Crippen LogP) is 2.84. The zero-order valence-corrected chi connectivity index (χ0v) is 18.4. The summed E-state index contributed by atoms with van der Waals surface area (Å²) in [5.74, 6) is 1.12. The van der Waals surface area contributed by atoms with Crippen LogP contribution in [0.1, 0.15) is 41.9 Å². The van der Waals surface area contributed by atoms with Gasteiger partial charge in [-0.05, 0) is 37.1 Å². The van der Waals surface area contributed by atoms with E-state index in [0.29, 0.717) is 35.9 Å². The van der Waals surface area contributed by atoms with Crippen LogP contribution in [0.4, 0.5) is 0 Å². The standard InChI is InChI=1S/C23H29N3O5/c1-15(27)25-21(18-9-5-6-10-24-18)16-8-7-11-26(14-16)23(28)17-12-19(29-2)22(31-4)20(13-17)30-3/h5-6,9-10,12-13,16,21H,7-8,11,14H2,1-4H3,(H,25,27)/t16-,21-/m0/s1. The zero-order valence-electron chi connectivity index (χ0n) is 18.4. The number of amides is 2. The molecule has 2 amide bonds. The van der Waals surface area contributed by atoms with Crippen LogP contribution in [-0.4, -0.2) is 56.1 Å². The van der Waals surface area contributed by atoms with Crippen LogP contribution in [0.15, 0.2) is 36.5 Å². The average Bonchev–Trinajstić information content (AvgIpc) is 2.81. The predicted molar refractivity (Wildman–Crippen MR) is 116 cm³/mol. The van der Waals surface area contributed by atoms with Crippen LogP contribution in [0.5, 0.6) is 17.2 Å². The zero-order chi connectivity index (χ0) is 22.4. The molecular formula is C23H29N3O5. The summed E-state index contributed by atoms with van der Waals surface area (Å²) in [6, 6.07) is 8.72. The molecule has 0 spiro atoms. The Bertz CT molecular complexity index is 894. The van der Waals surface area contributed by atoms with Gasteiger partial charge in [0.25, 0.3) is 5.91 Å². The molecule has 1 aromatic carbocycles. The van der Waals surface area contributed by atoms with Gasteiger partial charge in [-0.15, -0.1) is 0 Å². The van der Waals surface area contributed by atoms with E-state index in [-0.39, 0.29) is 23.8 Å². The third-order valence-electron chi connectivity index (χ3n) is 5.49. The normalized spacial score (nSPS) is 16.9. The largest absolute Gasteiger partial charge is 0.493 e. The molecule has 0 aliphatic carbocycles. The fourth-order valence-corrected chi connectivity index (χ4v) is 4.07. The van der Waals surface area contributed by atoms with Crippen LogP contribution in [0.25, 0.3) is 0 Å². The number of hydrogen-bond donors (Lipinski definition) is 1. The van der Waals surface area contributed by atoms with E-state index in [1.54, 1.807) is 18.3 Å². The maximum atomic E-state index is 13.3.